The minimum absolute atomic E-state index is 0.300. The van der Waals surface area contributed by atoms with Crippen LogP contribution in [0.3, 0.4) is 0 Å². The van der Waals surface area contributed by atoms with Crippen LogP contribution in [0.15, 0.2) is 42.6 Å². The molecule has 1 atom stereocenters. The summed E-state index contributed by atoms with van der Waals surface area (Å²) in [4.78, 5) is 0. The molecule has 106 valence electrons. The SMILES string of the molecule is C=C(NCCCCCC)C(Cc1ccccc1)NC. The van der Waals surface area contributed by atoms with Crippen LogP contribution >= 0.6 is 0 Å². The van der Waals surface area contributed by atoms with E-state index in [1.165, 1.54) is 31.2 Å². The van der Waals surface area contributed by atoms with E-state index in [2.05, 4.69) is 54.5 Å². The third-order valence-corrected chi connectivity index (χ3v) is 3.43. The van der Waals surface area contributed by atoms with Crippen molar-refractivity contribution in [1.29, 1.82) is 0 Å². The fraction of sp³-hybridized carbons (Fsp3) is 0.529. The molecule has 2 heteroatoms. The van der Waals surface area contributed by atoms with Crippen LogP contribution in [0.25, 0.3) is 0 Å². The van der Waals surface area contributed by atoms with Gasteiger partial charge in [0, 0.05) is 12.2 Å². The van der Waals surface area contributed by atoms with Gasteiger partial charge in [-0.25, -0.2) is 0 Å². The Morgan fingerprint density at radius 1 is 1.16 bits per heavy atom. The van der Waals surface area contributed by atoms with Gasteiger partial charge in [0.25, 0.3) is 0 Å². The van der Waals surface area contributed by atoms with Gasteiger partial charge in [-0.05, 0) is 25.5 Å². The molecule has 0 aliphatic carbocycles. The first-order valence-corrected chi connectivity index (χ1v) is 7.41. The summed E-state index contributed by atoms with van der Waals surface area (Å²) in [7, 11) is 2.00. The zero-order valence-corrected chi connectivity index (χ0v) is 12.4. The van der Waals surface area contributed by atoms with Crippen molar-refractivity contribution in [2.24, 2.45) is 0 Å². The lowest BCUT2D eigenvalue weighted by atomic mass is 10.0. The number of hydrogen-bond acceptors (Lipinski definition) is 2. The van der Waals surface area contributed by atoms with Gasteiger partial charge in [0.15, 0.2) is 0 Å². The average molecular weight is 260 g/mol. The molecule has 1 aromatic rings. The van der Waals surface area contributed by atoms with Crippen molar-refractivity contribution >= 4 is 0 Å². The highest BCUT2D eigenvalue weighted by Crippen LogP contribution is 2.07. The van der Waals surface area contributed by atoms with Gasteiger partial charge < -0.3 is 10.6 Å². The van der Waals surface area contributed by atoms with E-state index in [0.717, 1.165) is 18.7 Å². The fourth-order valence-corrected chi connectivity index (χ4v) is 2.17. The molecular formula is C17H28N2. The van der Waals surface area contributed by atoms with Gasteiger partial charge in [0.05, 0.1) is 6.04 Å². The van der Waals surface area contributed by atoms with Crippen LogP contribution in [0.1, 0.15) is 38.2 Å². The summed E-state index contributed by atoms with van der Waals surface area (Å²) in [6.45, 7) is 7.44. The lowest BCUT2D eigenvalue weighted by Crippen LogP contribution is -2.35. The quantitative estimate of drug-likeness (QED) is 0.629. The molecule has 0 aliphatic rings. The van der Waals surface area contributed by atoms with Gasteiger partial charge in [0.1, 0.15) is 0 Å². The van der Waals surface area contributed by atoms with Crippen molar-refractivity contribution in [3.8, 4) is 0 Å². The molecule has 0 fully saturated rings. The summed E-state index contributed by atoms with van der Waals surface area (Å²) < 4.78 is 0. The Balaban J connectivity index is 2.31. The molecule has 0 saturated carbocycles. The van der Waals surface area contributed by atoms with Crippen LogP contribution in [0.5, 0.6) is 0 Å². The van der Waals surface area contributed by atoms with E-state index in [0.29, 0.717) is 6.04 Å². The third kappa shape index (κ3) is 6.44. The molecule has 1 aromatic carbocycles. The highest BCUT2D eigenvalue weighted by atomic mass is 15.0. The molecule has 0 spiro atoms. The van der Waals surface area contributed by atoms with E-state index < -0.39 is 0 Å². The Morgan fingerprint density at radius 2 is 1.89 bits per heavy atom. The highest BCUT2D eigenvalue weighted by molar-refractivity contribution is 5.19. The average Bonchev–Trinajstić information content (AvgIpc) is 2.45. The lowest BCUT2D eigenvalue weighted by Gasteiger charge is -2.20. The molecular weight excluding hydrogens is 232 g/mol. The summed E-state index contributed by atoms with van der Waals surface area (Å²) >= 11 is 0. The number of nitrogens with one attached hydrogen (secondary N) is 2. The first kappa shape index (κ1) is 15.8. The molecule has 0 saturated heterocycles. The Kier molecular flexibility index (Phi) is 7.99. The maximum Gasteiger partial charge on any atom is 0.0501 e. The Hall–Kier alpha value is -1.28. The van der Waals surface area contributed by atoms with Gasteiger partial charge in [-0.1, -0.05) is 63.1 Å². The second-order valence-electron chi connectivity index (χ2n) is 5.04. The smallest absolute Gasteiger partial charge is 0.0501 e. The predicted octanol–water partition coefficient (Wildman–Crippen LogP) is 3.50. The minimum atomic E-state index is 0.300. The summed E-state index contributed by atoms with van der Waals surface area (Å²) in [6.07, 6.45) is 6.13. The molecule has 0 amide bonds. The summed E-state index contributed by atoms with van der Waals surface area (Å²) in [6, 6.07) is 10.9. The lowest BCUT2D eigenvalue weighted by molar-refractivity contribution is 0.562. The van der Waals surface area contributed by atoms with Gasteiger partial charge in [-0.2, -0.15) is 0 Å². The topological polar surface area (TPSA) is 24.1 Å². The summed E-state index contributed by atoms with van der Waals surface area (Å²) in [5, 5.41) is 6.80. The van der Waals surface area contributed by atoms with Crippen LogP contribution in [-0.4, -0.2) is 19.6 Å². The predicted molar refractivity (Wildman–Crippen MR) is 84.3 cm³/mol. The van der Waals surface area contributed by atoms with Crippen molar-refractivity contribution in [3.63, 3.8) is 0 Å². The van der Waals surface area contributed by atoms with Gasteiger partial charge in [-0.3, -0.25) is 0 Å². The van der Waals surface area contributed by atoms with Crippen molar-refractivity contribution < 1.29 is 0 Å². The van der Waals surface area contributed by atoms with Crippen molar-refractivity contribution in [2.75, 3.05) is 13.6 Å². The van der Waals surface area contributed by atoms with Crippen molar-refractivity contribution in [2.45, 2.75) is 45.1 Å². The molecule has 19 heavy (non-hydrogen) atoms. The second-order valence-corrected chi connectivity index (χ2v) is 5.04. The normalized spacial score (nSPS) is 12.1. The molecule has 0 aliphatic heterocycles. The summed E-state index contributed by atoms with van der Waals surface area (Å²) in [5.74, 6) is 0. The van der Waals surface area contributed by atoms with Crippen molar-refractivity contribution in [1.82, 2.24) is 10.6 Å². The molecule has 1 unspecified atom stereocenters. The Morgan fingerprint density at radius 3 is 2.53 bits per heavy atom. The molecule has 0 aromatic heterocycles. The van der Waals surface area contributed by atoms with E-state index in [1.807, 2.05) is 7.05 Å². The fourth-order valence-electron chi connectivity index (χ4n) is 2.17. The maximum absolute atomic E-state index is 4.17. The van der Waals surface area contributed by atoms with Crippen molar-refractivity contribution in [3.05, 3.63) is 48.2 Å². The molecule has 0 bridgehead atoms. The highest BCUT2D eigenvalue weighted by Gasteiger charge is 2.10. The van der Waals surface area contributed by atoms with Crippen LogP contribution < -0.4 is 10.6 Å². The van der Waals surface area contributed by atoms with E-state index in [1.54, 1.807) is 0 Å². The first-order valence-electron chi connectivity index (χ1n) is 7.41. The second kappa shape index (κ2) is 9.62. The first-order chi connectivity index (χ1) is 9.27. The minimum Gasteiger partial charge on any atom is -0.388 e. The van der Waals surface area contributed by atoms with E-state index in [9.17, 15) is 0 Å². The van der Waals surface area contributed by atoms with E-state index >= 15 is 0 Å². The van der Waals surface area contributed by atoms with Crippen LogP contribution in [-0.2, 0) is 6.42 Å². The largest absolute Gasteiger partial charge is 0.388 e. The molecule has 1 rings (SSSR count). The Bertz CT molecular complexity index is 346. The number of unbranched alkanes of at least 4 members (excludes halogenated alkanes) is 3. The van der Waals surface area contributed by atoms with E-state index in [4.69, 9.17) is 0 Å². The number of benzene rings is 1. The molecule has 2 nitrogen and oxygen atoms in total. The van der Waals surface area contributed by atoms with Gasteiger partial charge in [0.2, 0.25) is 0 Å². The summed E-state index contributed by atoms with van der Waals surface area (Å²) in [5.41, 5.74) is 2.44. The number of likely N-dealkylation sites (N-methyl/N-ethyl adjacent to an activating group) is 1. The number of hydrogen-bond donors (Lipinski definition) is 2. The van der Waals surface area contributed by atoms with Crippen LogP contribution in [0, 0.1) is 0 Å². The van der Waals surface area contributed by atoms with Gasteiger partial charge >= 0.3 is 0 Å². The molecule has 0 heterocycles. The van der Waals surface area contributed by atoms with Crippen LogP contribution in [0.2, 0.25) is 0 Å². The van der Waals surface area contributed by atoms with Gasteiger partial charge in [-0.15, -0.1) is 0 Å². The van der Waals surface area contributed by atoms with Crippen LogP contribution in [0.4, 0.5) is 0 Å². The Labute approximate surface area is 118 Å². The monoisotopic (exact) mass is 260 g/mol. The molecule has 0 radical (unpaired) electrons. The third-order valence-electron chi connectivity index (χ3n) is 3.43. The number of rotatable bonds is 10. The zero-order valence-electron chi connectivity index (χ0n) is 12.4. The zero-order chi connectivity index (χ0) is 13.9. The maximum atomic E-state index is 4.17. The standard InChI is InChI=1S/C17H28N2/c1-4-5-6-10-13-19-15(2)17(18-3)14-16-11-8-7-9-12-16/h7-9,11-12,17-19H,2,4-6,10,13-14H2,1,3H3. The van der Waals surface area contributed by atoms with E-state index in [-0.39, 0.29) is 0 Å². The molecule has 2 N–H and O–H groups in total.